The van der Waals surface area contributed by atoms with Gasteiger partial charge in [-0.25, -0.2) is 4.79 Å². The molecule has 0 aliphatic carbocycles. The van der Waals surface area contributed by atoms with Crippen molar-refractivity contribution in [2.24, 2.45) is 0 Å². The molecule has 0 bridgehead atoms. The van der Waals surface area contributed by atoms with Crippen LogP contribution in [0.25, 0.3) is 0 Å². The topological polar surface area (TPSA) is 44.8 Å². The van der Waals surface area contributed by atoms with Gasteiger partial charge in [0, 0.05) is 6.61 Å². The zero-order valence-corrected chi connectivity index (χ0v) is 26.5. The highest BCUT2D eigenvalue weighted by atomic mass is 16.5. The first kappa shape index (κ1) is 34.9. The van der Waals surface area contributed by atoms with Crippen LogP contribution in [0.5, 0.6) is 11.5 Å². The summed E-state index contributed by atoms with van der Waals surface area (Å²) in [6, 6.07) is 14.8. The van der Waals surface area contributed by atoms with Crippen molar-refractivity contribution in [2.75, 3.05) is 13.2 Å². The lowest BCUT2D eigenvalue weighted by Crippen LogP contribution is -2.09. The van der Waals surface area contributed by atoms with Crippen LogP contribution in [0.1, 0.15) is 158 Å². The molecular weight excluding hydrogens is 508 g/mol. The van der Waals surface area contributed by atoms with Gasteiger partial charge < -0.3 is 14.2 Å². The van der Waals surface area contributed by atoms with Gasteiger partial charge in [-0.05, 0) is 61.7 Å². The lowest BCUT2D eigenvalue weighted by Gasteiger charge is -2.14. The van der Waals surface area contributed by atoms with Crippen LogP contribution in [0.2, 0.25) is 0 Å². The molecule has 0 fully saturated rings. The van der Waals surface area contributed by atoms with Crippen molar-refractivity contribution in [2.45, 2.75) is 142 Å². The number of unbranched alkanes of at least 4 members (excludes halogenated alkanes) is 16. The Kier molecular flexibility index (Phi) is 19.8. The van der Waals surface area contributed by atoms with Gasteiger partial charge in [-0.1, -0.05) is 129 Å². The van der Waals surface area contributed by atoms with Gasteiger partial charge in [-0.2, -0.15) is 0 Å². The quantitative estimate of drug-likeness (QED) is 0.0681. The molecule has 0 aromatic heterocycles. The number of carbonyl (C=O) groups excluding carboxylic acids is 1. The highest BCUT2D eigenvalue weighted by molar-refractivity contribution is 5.91. The van der Waals surface area contributed by atoms with Crippen molar-refractivity contribution in [1.29, 1.82) is 0 Å². The van der Waals surface area contributed by atoms with Gasteiger partial charge in [0.2, 0.25) is 0 Å². The summed E-state index contributed by atoms with van der Waals surface area (Å²) in [5, 5.41) is 0. The van der Waals surface area contributed by atoms with E-state index in [9.17, 15) is 4.79 Å². The molecule has 0 spiro atoms. The largest absolute Gasteiger partial charge is 0.494 e. The molecule has 4 heteroatoms. The molecule has 0 aliphatic heterocycles. The minimum Gasteiger partial charge on any atom is -0.494 e. The Morgan fingerprint density at radius 3 is 1.54 bits per heavy atom. The van der Waals surface area contributed by atoms with Gasteiger partial charge in [0.15, 0.2) is 0 Å². The number of ether oxygens (including phenoxy) is 3. The minimum absolute atomic E-state index is 0.0243. The average Bonchev–Trinajstić information content (AvgIpc) is 2.99. The van der Waals surface area contributed by atoms with Gasteiger partial charge in [-0.15, -0.1) is 0 Å². The first-order valence-corrected chi connectivity index (χ1v) is 16.8. The SMILES string of the molecule is CCCCCCCCCCCCCCCCOC(C)c1ccc(OC(=O)c2ccc(OCCCCCC)cc2)cc1. The van der Waals surface area contributed by atoms with Crippen LogP contribution >= 0.6 is 0 Å². The Morgan fingerprint density at radius 2 is 1.00 bits per heavy atom. The molecular formula is C37H58O4. The second-order valence-corrected chi connectivity index (χ2v) is 11.5. The normalized spacial score (nSPS) is 11.9. The fraction of sp³-hybridized carbons (Fsp3) is 0.649. The molecule has 1 atom stereocenters. The van der Waals surface area contributed by atoms with E-state index >= 15 is 0 Å². The molecule has 4 nitrogen and oxygen atoms in total. The summed E-state index contributed by atoms with van der Waals surface area (Å²) < 4.78 is 17.4. The molecule has 2 aromatic carbocycles. The molecule has 2 rings (SSSR count). The van der Waals surface area contributed by atoms with Crippen molar-refractivity contribution in [1.82, 2.24) is 0 Å². The predicted molar refractivity (Wildman–Crippen MR) is 172 cm³/mol. The van der Waals surface area contributed by atoms with Crippen LogP contribution in [0.3, 0.4) is 0 Å². The number of rotatable bonds is 25. The van der Waals surface area contributed by atoms with Crippen LogP contribution in [0.4, 0.5) is 0 Å². The van der Waals surface area contributed by atoms with Crippen molar-refractivity contribution in [3.8, 4) is 11.5 Å². The summed E-state index contributed by atoms with van der Waals surface area (Å²) in [5.74, 6) is 0.953. The van der Waals surface area contributed by atoms with Gasteiger partial charge in [0.25, 0.3) is 0 Å². The molecule has 0 saturated heterocycles. The number of carbonyl (C=O) groups is 1. The minimum atomic E-state index is -0.366. The third-order valence-corrected chi connectivity index (χ3v) is 7.78. The van der Waals surface area contributed by atoms with E-state index in [-0.39, 0.29) is 12.1 Å². The van der Waals surface area contributed by atoms with E-state index < -0.39 is 0 Å². The first-order chi connectivity index (χ1) is 20.1. The Morgan fingerprint density at radius 1 is 0.561 bits per heavy atom. The van der Waals surface area contributed by atoms with Crippen LogP contribution in [-0.4, -0.2) is 19.2 Å². The first-order valence-electron chi connectivity index (χ1n) is 16.8. The van der Waals surface area contributed by atoms with E-state index in [2.05, 4.69) is 20.8 Å². The maximum absolute atomic E-state index is 12.6. The fourth-order valence-electron chi connectivity index (χ4n) is 5.03. The molecule has 0 heterocycles. The molecule has 230 valence electrons. The molecule has 0 N–H and O–H groups in total. The van der Waals surface area contributed by atoms with E-state index in [0.29, 0.717) is 17.9 Å². The average molecular weight is 567 g/mol. The van der Waals surface area contributed by atoms with E-state index in [1.54, 1.807) is 12.1 Å². The fourth-order valence-corrected chi connectivity index (χ4v) is 5.03. The Bertz CT molecular complexity index is 890. The molecule has 0 amide bonds. The van der Waals surface area contributed by atoms with Crippen molar-refractivity contribution < 1.29 is 19.0 Å². The van der Waals surface area contributed by atoms with Crippen LogP contribution in [0, 0.1) is 0 Å². The molecule has 1 unspecified atom stereocenters. The van der Waals surface area contributed by atoms with Crippen LogP contribution in [-0.2, 0) is 4.74 Å². The smallest absolute Gasteiger partial charge is 0.343 e. The van der Waals surface area contributed by atoms with Crippen molar-refractivity contribution in [3.05, 3.63) is 59.7 Å². The van der Waals surface area contributed by atoms with Gasteiger partial charge in [-0.3, -0.25) is 0 Å². The number of benzene rings is 2. The standard InChI is InChI=1S/C37H58O4/c1-4-6-8-10-11-12-13-14-15-16-17-18-19-21-30-39-32(3)33-22-28-36(29-23-33)41-37(38)34-24-26-35(27-25-34)40-31-20-9-7-5-2/h22-29,32H,4-21,30-31H2,1-3H3. The summed E-state index contributed by atoms with van der Waals surface area (Å²) in [6.45, 7) is 8.05. The van der Waals surface area contributed by atoms with Crippen molar-refractivity contribution in [3.63, 3.8) is 0 Å². The van der Waals surface area contributed by atoms with Crippen LogP contribution in [0.15, 0.2) is 48.5 Å². The van der Waals surface area contributed by atoms with Gasteiger partial charge >= 0.3 is 5.97 Å². The van der Waals surface area contributed by atoms with E-state index in [1.165, 1.54) is 103 Å². The highest BCUT2D eigenvalue weighted by Gasteiger charge is 2.11. The molecule has 2 aromatic rings. The zero-order chi connectivity index (χ0) is 29.4. The van der Waals surface area contributed by atoms with Crippen molar-refractivity contribution >= 4 is 5.97 Å². The molecule has 41 heavy (non-hydrogen) atoms. The zero-order valence-electron chi connectivity index (χ0n) is 26.5. The summed E-state index contributed by atoms with van der Waals surface area (Å²) in [6.07, 6.45) is 23.8. The van der Waals surface area contributed by atoms with E-state index in [4.69, 9.17) is 14.2 Å². The Labute approximate surface area is 251 Å². The monoisotopic (exact) mass is 566 g/mol. The number of esters is 1. The predicted octanol–water partition coefficient (Wildman–Crippen LogP) is 11.4. The van der Waals surface area contributed by atoms with Gasteiger partial charge in [0.05, 0.1) is 18.3 Å². The maximum atomic E-state index is 12.6. The summed E-state index contributed by atoms with van der Waals surface area (Å²) in [7, 11) is 0. The molecule has 0 saturated carbocycles. The molecule has 0 radical (unpaired) electrons. The van der Waals surface area contributed by atoms with E-state index in [0.717, 1.165) is 30.8 Å². The maximum Gasteiger partial charge on any atom is 0.343 e. The van der Waals surface area contributed by atoms with Crippen LogP contribution < -0.4 is 9.47 Å². The van der Waals surface area contributed by atoms with E-state index in [1.807, 2.05) is 36.4 Å². The number of hydrogen-bond acceptors (Lipinski definition) is 4. The Balaban J connectivity index is 1.52. The second-order valence-electron chi connectivity index (χ2n) is 11.5. The lowest BCUT2D eigenvalue weighted by atomic mass is 10.0. The summed E-state index contributed by atoms with van der Waals surface area (Å²) in [5.41, 5.74) is 1.60. The Hall–Kier alpha value is -2.33. The summed E-state index contributed by atoms with van der Waals surface area (Å²) in [4.78, 5) is 12.6. The third kappa shape index (κ3) is 16.6. The summed E-state index contributed by atoms with van der Waals surface area (Å²) >= 11 is 0. The lowest BCUT2D eigenvalue weighted by molar-refractivity contribution is 0.0627. The molecule has 0 aliphatic rings. The number of hydrogen-bond donors (Lipinski definition) is 0. The second kappa shape index (κ2) is 23.3. The third-order valence-electron chi connectivity index (χ3n) is 7.78. The highest BCUT2D eigenvalue weighted by Crippen LogP contribution is 2.22. The van der Waals surface area contributed by atoms with Gasteiger partial charge in [0.1, 0.15) is 11.5 Å².